The summed E-state index contributed by atoms with van der Waals surface area (Å²) in [5, 5.41) is 5.60. The molecule has 20 heavy (non-hydrogen) atoms. The molecule has 0 spiro atoms. The van der Waals surface area contributed by atoms with Crippen molar-refractivity contribution >= 4 is 23.2 Å². The van der Waals surface area contributed by atoms with Gasteiger partial charge in [0.15, 0.2) is 0 Å². The Hall–Kier alpha value is -1.47. The first-order chi connectivity index (χ1) is 9.60. The molecule has 6 nitrogen and oxygen atoms in total. The number of hydrogen-bond donors (Lipinski definition) is 2. The second kappa shape index (κ2) is 6.81. The number of nitrogens with one attached hydrogen (secondary N) is 1. The Morgan fingerprint density at radius 2 is 2.20 bits per heavy atom. The van der Waals surface area contributed by atoms with Crippen LogP contribution in [0.5, 0.6) is 0 Å². The zero-order valence-corrected chi connectivity index (χ0v) is 12.4. The van der Waals surface area contributed by atoms with Crippen LogP contribution >= 0.6 is 11.3 Å². The predicted octanol–water partition coefficient (Wildman–Crippen LogP) is 0.385. The number of piperidine rings is 1. The topological polar surface area (TPSA) is 88.3 Å². The SMILES string of the molecule is CC(=O)NC1CCN(C(=O)c2csc(CCN)n2)CC1. The Balaban J connectivity index is 1.89. The van der Waals surface area contributed by atoms with E-state index in [4.69, 9.17) is 5.73 Å². The summed E-state index contributed by atoms with van der Waals surface area (Å²) < 4.78 is 0. The second-order valence-electron chi connectivity index (χ2n) is 4.93. The molecule has 1 aliphatic rings. The normalized spacial score (nSPS) is 16.2. The van der Waals surface area contributed by atoms with Gasteiger partial charge in [-0.25, -0.2) is 4.98 Å². The first kappa shape index (κ1) is 14.9. The van der Waals surface area contributed by atoms with Crippen LogP contribution in [0.2, 0.25) is 0 Å². The third-order valence-electron chi connectivity index (χ3n) is 3.32. The molecule has 2 amide bonds. The molecule has 0 bridgehead atoms. The molecule has 110 valence electrons. The molecule has 3 N–H and O–H groups in total. The minimum atomic E-state index is -0.0224. The lowest BCUT2D eigenvalue weighted by Gasteiger charge is -2.31. The van der Waals surface area contributed by atoms with Gasteiger partial charge in [-0.15, -0.1) is 11.3 Å². The standard InChI is InChI=1S/C13H20N4O2S/c1-9(18)15-10-3-6-17(7-4-10)13(19)11-8-20-12(16-11)2-5-14/h8,10H,2-7,14H2,1H3,(H,15,18). The van der Waals surface area contributed by atoms with E-state index in [9.17, 15) is 9.59 Å². The summed E-state index contributed by atoms with van der Waals surface area (Å²) in [6.45, 7) is 3.39. The molecule has 7 heteroatoms. The molecule has 0 saturated carbocycles. The van der Waals surface area contributed by atoms with Crippen LogP contribution in [0.3, 0.4) is 0 Å². The van der Waals surface area contributed by atoms with Gasteiger partial charge in [0.05, 0.1) is 5.01 Å². The number of aromatic nitrogens is 1. The second-order valence-corrected chi connectivity index (χ2v) is 5.87. The van der Waals surface area contributed by atoms with E-state index in [1.807, 2.05) is 0 Å². The number of carbonyl (C=O) groups is 2. The minimum Gasteiger partial charge on any atom is -0.353 e. The Kier molecular flexibility index (Phi) is 5.08. The van der Waals surface area contributed by atoms with Crippen LogP contribution in [-0.2, 0) is 11.2 Å². The van der Waals surface area contributed by atoms with Crippen molar-refractivity contribution in [1.29, 1.82) is 0 Å². The number of rotatable bonds is 4. The van der Waals surface area contributed by atoms with Gasteiger partial charge in [-0.2, -0.15) is 0 Å². The van der Waals surface area contributed by atoms with E-state index < -0.39 is 0 Å². The maximum atomic E-state index is 12.3. The zero-order valence-electron chi connectivity index (χ0n) is 11.6. The predicted molar refractivity (Wildman–Crippen MR) is 77.6 cm³/mol. The molecular weight excluding hydrogens is 276 g/mol. The lowest BCUT2D eigenvalue weighted by Crippen LogP contribution is -2.46. The monoisotopic (exact) mass is 296 g/mol. The number of hydrogen-bond acceptors (Lipinski definition) is 5. The smallest absolute Gasteiger partial charge is 0.273 e. The van der Waals surface area contributed by atoms with Gasteiger partial charge in [0.1, 0.15) is 5.69 Å². The quantitative estimate of drug-likeness (QED) is 0.841. The minimum absolute atomic E-state index is 0.0132. The van der Waals surface area contributed by atoms with Crippen molar-refractivity contribution in [3.05, 3.63) is 16.1 Å². The third-order valence-corrected chi connectivity index (χ3v) is 4.23. The van der Waals surface area contributed by atoms with Gasteiger partial charge in [0.2, 0.25) is 5.91 Å². The first-order valence-electron chi connectivity index (χ1n) is 6.81. The molecule has 1 aliphatic heterocycles. The number of carbonyl (C=O) groups excluding carboxylic acids is 2. The highest BCUT2D eigenvalue weighted by Gasteiger charge is 2.25. The highest BCUT2D eigenvalue weighted by atomic mass is 32.1. The summed E-state index contributed by atoms with van der Waals surface area (Å²) in [5.41, 5.74) is 5.99. The summed E-state index contributed by atoms with van der Waals surface area (Å²) >= 11 is 1.48. The van der Waals surface area contributed by atoms with E-state index in [0.29, 0.717) is 31.7 Å². The van der Waals surface area contributed by atoms with Crippen LogP contribution in [0.25, 0.3) is 0 Å². The Bertz CT molecular complexity index is 480. The van der Waals surface area contributed by atoms with E-state index in [2.05, 4.69) is 10.3 Å². The average Bonchev–Trinajstić information content (AvgIpc) is 2.87. The van der Waals surface area contributed by atoms with E-state index in [0.717, 1.165) is 17.8 Å². The number of likely N-dealkylation sites (tertiary alicyclic amines) is 1. The van der Waals surface area contributed by atoms with Gasteiger partial charge in [-0.05, 0) is 19.4 Å². The van der Waals surface area contributed by atoms with Crippen LogP contribution in [0, 0.1) is 0 Å². The van der Waals surface area contributed by atoms with Gasteiger partial charge in [-0.1, -0.05) is 0 Å². The van der Waals surface area contributed by atoms with Crippen LogP contribution in [0.15, 0.2) is 5.38 Å². The van der Waals surface area contributed by atoms with Crippen molar-refractivity contribution in [1.82, 2.24) is 15.2 Å². The van der Waals surface area contributed by atoms with Crippen LogP contribution in [-0.4, -0.2) is 47.4 Å². The summed E-state index contributed by atoms with van der Waals surface area (Å²) in [6, 6.07) is 0.180. The molecule has 0 unspecified atom stereocenters. The van der Waals surface area contributed by atoms with E-state index in [1.54, 1.807) is 10.3 Å². The van der Waals surface area contributed by atoms with Crippen LogP contribution in [0.1, 0.15) is 35.3 Å². The van der Waals surface area contributed by atoms with Crippen molar-refractivity contribution in [3.63, 3.8) is 0 Å². The van der Waals surface area contributed by atoms with Crippen LogP contribution < -0.4 is 11.1 Å². The van der Waals surface area contributed by atoms with E-state index in [-0.39, 0.29) is 17.9 Å². The highest BCUT2D eigenvalue weighted by molar-refractivity contribution is 7.09. The summed E-state index contributed by atoms with van der Waals surface area (Å²) in [6.07, 6.45) is 2.30. The fraction of sp³-hybridized carbons (Fsp3) is 0.615. The summed E-state index contributed by atoms with van der Waals surface area (Å²) in [5.74, 6) is -0.0356. The fourth-order valence-electron chi connectivity index (χ4n) is 2.32. The Morgan fingerprint density at radius 3 is 2.80 bits per heavy atom. The molecule has 1 aromatic heterocycles. The molecule has 0 aliphatic carbocycles. The molecule has 1 aromatic rings. The van der Waals surface area contributed by atoms with E-state index in [1.165, 1.54) is 18.3 Å². The summed E-state index contributed by atoms with van der Waals surface area (Å²) in [7, 11) is 0. The molecule has 0 atom stereocenters. The first-order valence-corrected chi connectivity index (χ1v) is 7.69. The molecule has 1 fully saturated rings. The number of thiazole rings is 1. The zero-order chi connectivity index (χ0) is 14.5. The van der Waals surface area contributed by atoms with Crippen molar-refractivity contribution < 1.29 is 9.59 Å². The fourth-order valence-corrected chi connectivity index (χ4v) is 3.11. The van der Waals surface area contributed by atoms with Gasteiger partial charge < -0.3 is 16.0 Å². The molecule has 0 radical (unpaired) electrons. The maximum absolute atomic E-state index is 12.3. The average molecular weight is 296 g/mol. The van der Waals surface area contributed by atoms with Crippen molar-refractivity contribution in [3.8, 4) is 0 Å². The third kappa shape index (κ3) is 3.77. The molecular formula is C13H20N4O2S. The lowest BCUT2D eigenvalue weighted by atomic mass is 10.0. The molecule has 2 rings (SSSR count). The van der Waals surface area contributed by atoms with Crippen molar-refractivity contribution in [2.24, 2.45) is 5.73 Å². The van der Waals surface area contributed by atoms with Gasteiger partial charge in [-0.3, -0.25) is 9.59 Å². The van der Waals surface area contributed by atoms with Gasteiger partial charge in [0, 0.05) is 37.9 Å². The summed E-state index contributed by atoms with van der Waals surface area (Å²) in [4.78, 5) is 29.4. The Morgan fingerprint density at radius 1 is 1.50 bits per heavy atom. The van der Waals surface area contributed by atoms with Gasteiger partial charge >= 0.3 is 0 Å². The molecule has 1 saturated heterocycles. The molecule has 2 heterocycles. The van der Waals surface area contributed by atoms with Gasteiger partial charge in [0.25, 0.3) is 5.91 Å². The number of nitrogens with two attached hydrogens (primary N) is 1. The maximum Gasteiger partial charge on any atom is 0.273 e. The van der Waals surface area contributed by atoms with E-state index >= 15 is 0 Å². The van der Waals surface area contributed by atoms with Crippen molar-refractivity contribution in [2.45, 2.75) is 32.2 Å². The Labute approximate surface area is 122 Å². The largest absolute Gasteiger partial charge is 0.353 e. The number of amides is 2. The molecule has 0 aromatic carbocycles. The lowest BCUT2D eigenvalue weighted by molar-refractivity contribution is -0.119. The highest BCUT2D eigenvalue weighted by Crippen LogP contribution is 2.16. The number of nitrogens with zero attached hydrogens (tertiary/aromatic N) is 2. The van der Waals surface area contributed by atoms with Crippen LogP contribution in [0.4, 0.5) is 0 Å². The van der Waals surface area contributed by atoms with Crippen molar-refractivity contribution in [2.75, 3.05) is 19.6 Å².